The number of allylic oxidation sites excluding steroid dienone is 1. The van der Waals surface area contributed by atoms with Crippen LogP contribution in [0.2, 0.25) is 0 Å². The van der Waals surface area contributed by atoms with Crippen LogP contribution < -0.4 is 10.6 Å². The van der Waals surface area contributed by atoms with E-state index < -0.39 is 23.5 Å². The first-order valence-corrected chi connectivity index (χ1v) is 9.04. The number of aryl methyl sites for hydroxylation is 1. The smallest absolute Gasteiger partial charge is 0.254 e. The van der Waals surface area contributed by atoms with Gasteiger partial charge in [0.1, 0.15) is 11.6 Å². The number of fused-ring (bicyclic) bond motifs is 1. The molecule has 0 spiro atoms. The molecule has 1 atom stereocenters. The maximum atomic E-state index is 14.5. The van der Waals surface area contributed by atoms with Gasteiger partial charge < -0.3 is 10.6 Å². The molecule has 2 amide bonds. The van der Waals surface area contributed by atoms with Crippen molar-refractivity contribution in [2.24, 2.45) is 0 Å². The van der Waals surface area contributed by atoms with Gasteiger partial charge in [0.2, 0.25) is 5.91 Å². The Hall–Kier alpha value is -3.55. The lowest BCUT2D eigenvalue weighted by atomic mass is 9.83. The Morgan fingerprint density at radius 3 is 2.76 bits per heavy atom. The van der Waals surface area contributed by atoms with Gasteiger partial charge in [-0.15, -0.1) is 0 Å². The third kappa shape index (κ3) is 3.49. The molecule has 0 saturated heterocycles. The number of carbonyl (C=O) groups is 2. The Morgan fingerprint density at radius 2 is 1.97 bits per heavy atom. The van der Waals surface area contributed by atoms with Gasteiger partial charge in [0.05, 0.1) is 17.4 Å². The molecule has 4 rings (SSSR count). The van der Waals surface area contributed by atoms with Crippen molar-refractivity contribution in [1.29, 1.82) is 0 Å². The second-order valence-corrected chi connectivity index (χ2v) is 7.11. The summed E-state index contributed by atoms with van der Waals surface area (Å²) in [5.74, 6) is -2.82. The fourth-order valence-electron chi connectivity index (χ4n) is 3.65. The fourth-order valence-corrected chi connectivity index (χ4v) is 3.65. The molecule has 2 heterocycles. The zero-order valence-electron chi connectivity index (χ0n) is 15.8. The van der Waals surface area contributed by atoms with Crippen molar-refractivity contribution in [3.05, 3.63) is 70.6 Å². The Bertz CT molecular complexity index is 1180. The van der Waals surface area contributed by atoms with Crippen LogP contribution in [0.1, 0.15) is 30.4 Å². The molecule has 0 saturated carbocycles. The summed E-state index contributed by atoms with van der Waals surface area (Å²) in [5, 5.41) is 12.3. The molecule has 6 nitrogen and oxygen atoms in total. The van der Waals surface area contributed by atoms with Gasteiger partial charge in [-0.1, -0.05) is 17.7 Å². The summed E-state index contributed by atoms with van der Waals surface area (Å²) in [4.78, 5) is 25.1. The predicted octanol–water partition coefficient (Wildman–Crippen LogP) is 3.67. The summed E-state index contributed by atoms with van der Waals surface area (Å²) in [7, 11) is 0. The van der Waals surface area contributed by atoms with Crippen LogP contribution in [0.25, 0.3) is 10.9 Å². The number of aromatic amines is 1. The van der Waals surface area contributed by atoms with Crippen LogP contribution >= 0.6 is 0 Å². The molecule has 29 heavy (non-hydrogen) atoms. The summed E-state index contributed by atoms with van der Waals surface area (Å²) >= 11 is 0. The van der Waals surface area contributed by atoms with Crippen LogP contribution in [0.5, 0.6) is 0 Å². The first-order chi connectivity index (χ1) is 13.8. The summed E-state index contributed by atoms with van der Waals surface area (Å²) in [6, 6.07) is 7.25. The highest BCUT2D eigenvalue weighted by Crippen LogP contribution is 2.35. The molecule has 3 N–H and O–H groups in total. The number of halogens is 2. The number of hydrogen-bond donors (Lipinski definition) is 3. The summed E-state index contributed by atoms with van der Waals surface area (Å²) in [6.45, 7) is 3.37. The number of hydrogen-bond acceptors (Lipinski definition) is 3. The molecule has 0 bridgehead atoms. The van der Waals surface area contributed by atoms with Crippen molar-refractivity contribution in [1.82, 2.24) is 15.5 Å². The molecule has 2 aromatic carbocycles. The molecule has 1 unspecified atom stereocenters. The van der Waals surface area contributed by atoms with Gasteiger partial charge in [-0.3, -0.25) is 14.7 Å². The van der Waals surface area contributed by atoms with Gasteiger partial charge in [-0.25, -0.2) is 8.78 Å². The number of aromatic nitrogens is 2. The number of amides is 2. The van der Waals surface area contributed by atoms with E-state index in [1.807, 2.05) is 0 Å². The SMILES string of the molecule is CC1=C(C(=O)Nc2cc3cn[nH]c3cc2F)C(c2cc(C)ccc2F)CC(=O)N1. The van der Waals surface area contributed by atoms with Crippen LogP contribution in [-0.2, 0) is 9.59 Å². The lowest BCUT2D eigenvalue weighted by Gasteiger charge is -2.27. The highest BCUT2D eigenvalue weighted by atomic mass is 19.1. The van der Waals surface area contributed by atoms with Crippen LogP contribution in [0, 0.1) is 18.6 Å². The molecular formula is C21H18F2N4O2. The lowest BCUT2D eigenvalue weighted by Crippen LogP contribution is -2.35. The number of carbonyl (C=O) groups excluding carboxylic acids is 2. The van der Waals surface area contributed by atoms with Crippen molar-refractivity contribution < 1.29 is 18.4 Å². The second kappa shape index (κ2) is 7.12. The van der Waals surface area contributed by atoms with Crippen molar-refractivity contribution in [2.45, 2.75) is 26.2 Å². The Morgan fingerprint density at radius 1 is 1.17 bits per heavy atom. The minimum absolute atomic E-state index is 0.0236. The lowest BCUT2D eigenvalue weighted by molar-refractivity contribution is -0.121. The number of nitrogens with zero attached hydrogens (tertiary/aromatic N) is 1. The maximum absolute atomic E-state index is 14.5. The summed E-state index contributed by atoms with van der Waals surface area (Å²) in [6.07, 6.45) is 1.43. The Labute approximate surface area is 165 Å². The molecule has 0 radical (unpaired) electrons. The van der Waals surface area contributed by atoms with E-state index >= 15 is 0 Å². The minimum atomic E-state index is -0.774. The molecule has 148 valence electrons. The van der Waals surface area contributed by atoms with E-state index in [4.69, 9.17) is 0 Å². The van der Waals surface area contributed by atoms with E-state index in [9.17, 15) is 18.4 Å². The highest BCUT2D eigenvalue weighted by Gasteiger charge is 2.33. The Kier molecular flexibility index (Phi) is 4.62. The van der Waals surface area contributed by atoms with Gasteiger partial charge in [-0.2, -0.15) is 5.10 Å². The van der Waals surface area contributed by atoms with Crippen LogP contribution in [-0.4, -0.2) is 22.0 Å². The molecule has 1 aliphatic rings. The van der Waals surface area contributed by atoms with E-state index in [0.29, 0.717) is 16.6 Å². The number of H-pyrrole nitrogens is 1. The quantitative estimate of drug-likeness (QED) is 0.631. The largest absolute Gasteiger partial charge is 0.330 e. The van der Waals surface area contributed by atoms with E-state index in [-0.39, 0.29) is 29.2 Å². The molecule has 8 heteroatoms. The number of rotatable bonds is 3. The average molecular weight is 396 g/mol. The van der Waals surface area contributed by atoms with E-state index in [2.05, 4.69) is 20.8 Å². The highest BCUT2D eigenvalue weighted by molar-refractivity contribution is 6.07. The molecular weight excluding hydrogens is 378 g/mol. The average Bonchev–Trinajstić information content (AvgIpc) is 3.10. The molecule has 3 aromatic rings. The summed E-state index contributed by atoms with van der Waals surface area (Å²) in [5.41, 5.74) is 2.05. The normalized spacial score (nSPS) is 16.8. The van der Waals surface area contributed by atoms with Gasteiger partial charge >= 0.3 is 0 Å². The zero-order valence-corrected chi connectivity index (χ0v) is 15.8. The van der Waals surface area contributed by atoms with E-state index in [0.717, 1.165) is 5.56 Å². The molecule has 0 aliphatic carbocycles. The fraction of sp³-hybridized carbons (Fsp3) is 0.190. The third-order valence-corrected chi connectivity index (χ3v) is 5.02. The monoisotopic (exact) mass is 396 g/mol. The zero-order chi connectivity index (χ0) is 20.7. The van der Waals surface area contributed by atoms with Crippen molar-refractivity contribution in [2.75, 3.05) is 5.32 Å². The van der Waals surface area contributed by atoms with E-state index in [1.54, 1.807) is 26.0 Å². The van der Waals surface area contributed by atoms with Crippen LogP contribution in [0.15, 0.2) is 47.8 Å². The first kappa shape index (κ1) is 18.8. The summed E-state index contributed by atoms with van der Waals surface area (Å²) < 4.78 is 28.9. The third-order valence-electron chi connectivity index (χ3n) is 5.02. The number of anilines is 1. The standard InChI is InChI=1S/C21H18F2N4O2/c1-10-3-4-15(22)13(5-10)14-7-19(28)25-11(2)20(14)21(29)26-18-6-12-9-24-27-17(12)8-16(18)23/h3-6,8-9,14H,7H2,1-2H3,(H,24,27)(H,25,28)(H,26,29). The van der Waals surface area contributed by atoms with Crippen LogP contribution in [0.3, 0.4) is 0 Å². The van der Waals surface area contributed by atoms with Gasteiger partial charge in [0.15, 0.2) is 0 Å². The van der Waals surface area contributed by atoms with Crippen molar-refractivity contribution in [3.63, 3.8) is 0 Å². The predicted molar refractivity (Wildman–Crippen MR) is 104 cm³/mol. The van der Waals surface area contributed by atoms with Gasteiger partial charge in [0.25, 0.3) is 5.91 Å². The topological polar surface area (TPSA) is 86.9 Å². The Balaban J connectivity index is 1.73. The number of nitrogens with one attached hydrogen (secondary N) is 3. The molecule has 1 aromatic heterocycles. The number of benzene rings is 2. The van der Waals surface area contributed by atoms with Crippen LogP contribution in [0.4, 0.5) is 14.5 Å². The second-order valence-electron chi connectivity index (χ2n) is 7.11. The first-order valence-electron chi connectivity index (χ1n) is 9.04. The van der Waals surface area contributed by atoms with Crippen molar-refractivity contribution in [3.8, 4) is 0 Å². The van der Waals surface area contributed by atoms with Gasteiger partial charge in [-0.05, 0) is 31.5 Å². The molecule has 0 fully saturated rings. The van der Waals surface area contributed by atoms with Gasteiger partial charge in [0, 0.05) is 35.1 Å². The minimum Gasteiger partial charge on any atom is -0.330 e. The van der Waals surface area contributed by atoms with E-state index in [1.165, 1.54) is 24.4 Å². The maximum Gasteiger partial charge on any atom is 0.254 e. The van der Waals surface area contributed by atoms with Crippen molar-refractivity contribution >= 4 is 28.4 Å². The molecule has 1 aliphatic heterocycles.